The number of hydrogen-bond acceptors (Lipinski definition) is 7. The average Bonchev–Trinajstić information content (AvgIpc) is 3.00. The first-order chi connectivity index (χ1) is 13.4. The SMILES string of the molecule is CCOc1cc(C(=O)NNC(=O)c2c(C)noc2C)cc(OCC)c1OCC. The Labute approximate surface area is 163 Å². The van der Waals surface area contributed by atoms with Gasteiger partial charge in [0.05, 0.1) is 25.5 Å². The van der Waals surface area contributed by atoms with Gasteiger partial charge in [0.1, 0.15) is 11.3 Å². The molecule has 0 aliphatic carbocycles. The molecule has 0 bridgehead atoms. The zero-order chi connectivity index (χ0) is 20.7. The van der Waals surface area contributed by atoms with Crippen LogP contribution in [-0.4, -0.2) is 36.8 Å². The maximum atomic E-state index is 12.6. The Morgan fingerprint density at radius 3 is 1.93 bits per heavy atom. The molecule has 2 rings (SSSR count). The van der Waals surface area contributed by atoms with Crippen LogP contribution in [0.25, 0.3) is 0 Å². The van der Waals surface area contributed by atoms with Gasteiger partial charge in [0.15, 0.2) is 11.5 Å². The van der Waals surface area contributed by atoms with Crippen LogP contribution in [0.5, 0.6) is 17.2 Å². The Morgan fingerprint density at radius 1 is 0.929 bits per heavy atom. The van der Waals surface area contributed by atoms with Crippen molar-refractivity contribution in [1.29, 1.82) is 0 Å². The summed E-state index contributed by atoms with van der Waals surface area (Å²) in [5.41, 5.74) is 5.68. The highest BCUT2D eigenvalue weighted by molar-refractivity contribution is 6.00. The molecule has 0 saturated heterocycles. The van der Waals surface area contributed by atoms with Crippen molar-refractivity contribution < 1.29 is 28.3 Å². The van der Waals surface area contributed by atoms with Crippen LogP contribution in [0.1, 0.15) is 52.9 Å². The quantitative estimate of drug-likeness (QED) is 0.665. The number of ether oxygens (including phenoxy) is 3. The number of amides is 2. The second-order valence-electron chi connectivity index (χ2n) is 5.71. The second-order valence-corrected chi connectivity index (χ2v) is 5.71. The van der Waals surface area contributed by atoms with E-state index in [1.165, 1.54) is 12.1 Å². The number of aryl methyl sites for hydroxylation is 2. The van der Waals surface area contributed by atoms with Gasteiger partial charge in [-0.2, -0.15) is 0 Å². The minimum atomic E-state index is -0.537. The zero-order valence-corrected chi connectivity index (χ0v) is 16.7. The molecule has 1 aromatic carbocycles. The number of hydrazine groups is 1. The number of nitrogens with one attached hydrogen (secondary N) is 2. The van der Waals surface area contributed by atoms with E-state index in [1.807, 2.05) is 20.8 Å². The van der Waals surface area contributed by atoms with Crippen LogP contribution in [0.3, 0.4) is 0 Å². The molecule has 0 atom stereocenters. The van der Waals surface area contributed by atoms with E-state index in [1.54, 1.807) is 13.8 Å². The molecule has 0 aliphatic rings. The number of hydrogen-bond donors (Lipinski definition) is 2. The third kappa shape index (κ3) is 4.73. The number of aromatic nitrogens is 1. The second kappa shape index (κ2) is 9.63. The topological polar surface area (TPSA) is 112 Å². The van der Waals surface area contributed by atoms with Gasteiger partial charge in [-0.25, -0.2) is 0 Å². The molecule has 2 amide bonds. The van der Waals surface area contributed by atoms with Crippen molar-refractivity contribution in [3.05, 3.63) is 34.7 Å². The molecule has 9 nitrogen and oxygen atoms in total. The van der Waals surface area contributed by atoms with E-state index in [-0.39, 0.29) is 11.1 Å². The van der Waals surface area contributed by atoms with Crippen molar-refractivity contribution in [2.24, 2.45) is 0 Å². The third-order valence-electron chi connectivity index (χ3n) is 3.72. The Morgan fingerprint density at radius 2 is 1.46 bits per heavy atom. The fraction of sp³-hybridized carbons (Fsp3) is 0.421. The standard InChI is InChI=1S/C19H25N3O6/c1-6-25-14-9-13(10-15(26-7-2)17(14)27-8-3)18(23)20-21-19(24)16-11(4)22-28-12(16)5/h9-10H,6-8H2,1-5H3,(H,20,23)(H,21,24). The Balaban J connectivity index is 2.23. The van der Waals surface area contributed by atoms with E-state index in [4.69, 9.17) is 18.7 Å². The predicted octanol–water partition coefficient (Wildman–Crippen LogP) is 2.56. The van der Waals surface area contributed by atoms with E-state index in [2.05, 4.69) is 16.0 Å². The summed E-state index contributed by atoms with van der Waals surface area (Å²) < 4.78 is 21.8. The van der Waals surface area contributed by atoms with Gasteiger partial charge in [0, 0.05) is 5.56 Å². The van der Waals surface area contributed by atoms with Crippen LogP contribution in [0, 0.1) is 13.8 Å². The summed E-state index contributed by atoms with van der Waals surface area (Å²) in [7, 11) is 0. The fourth-order valence-electron chi connectivity index (χ4n) is 2.58. The van der Waals surface area contributed by atoms with Crippen LogP contribution >= 0.6 is 0 Å². The van der Waals surface area contributed by atoms with E-state index in [0.717, 1.165) is 0 Å². The van der Waals surface area contributed by atoms with E-state index in [9.17, 15) is 9.59 Å². The Kier molecular flexibility index (Phi) is 7.25. The van der Waals surface area contributed by atoms with Crippen molar-refractivity contribution in [2.75, 3.05) is 19.8 Å². The van der Waals surface area contributed by atoms with Gasteiger partial charge in [-0.3, -0.25) is 20.4 Å². The molecular weight excluding hydrogens is 366 g/mol. The molecule has 0 radical (unpaired) electrons. The molecule has 0 aliphatic heterocycles. The zero-order valence-electron chi connectivity index (χ0n) is 16.7. The molecule has 2 N–H and O–H groups in total. The Hall–Kier alpha value is -3.23. The van der Waals surface area contributed by atoms with Crippen LogP contribution < -0.4 is 25.1 Å². The molecule has 1 heterocycles. The first kappa shape index (κ1) is 21.1. The first-order valence-electron chi connectivity index (χ1n) is 9.02. The molecule has 9 heteroatoms. The summed E-state index contributed by atoms with van der Waals surface area (Å²) in [4.78, 5) is 24.8. The van der Waals surface area contributed by atoms with Crippen LogP contribution in [0.2, 0.25) is 0 Å². The summed E-state index contributed by atoms with van der Waals surface area (Å²) in [5.74, 6) is 0.510. The third-order valence-corrected chi connectivity index (χ3v) is 3.72. The highest BCUT2D eigenvalue weighted by atomic mass is 16.5. The lowest BCUT2D eigenvalue weighted by Crippen LogP contribution is -2.42. The fourth-order valence-corrected chi connectivity index (χ4v) is 2.58. The molecular formula is C19H25N3O6. The molecule has 152 valence electrons. The van der Waals surface area contributed by atoms with Crippen molar-refractivity contribution in [3.63, 3.8) is 0 Å². The molecule has 28 heavy (non-hydrogen) atoms. The number of benzene rings is 1. The summed E-state index contributed by atoms with van der Waals surface area (Å²) in [6.45, 7) is 9.95. The lowest BCUT2D eigenvalue weighted by Gasteiger charge is -2.17. The summed E-state index contributed by atoms with van der Waals surface area (Å²) >= 11 is 0. The number of carbonyl (C=O) groups excluding carboxylic acids is 2. The van der Waals surface area contributed by atoms with E-state index < -0.39 is 11.8 Å². The van der Waals surface area contributed by atoms with Crippen LogP contribution in [0.15, 0.2) is 16.7 Å². The van der Waals surface area contributed by atoms with Gasteiger partial charge in [0.25, 0.3) is 11.8 Å². The lowest BCUT2D eigenvalue weighted by atomic mass is 10.1. The number of carbonyl (C=O) groups is 2. The Bertz CT molecular complexity index is 800. The number of rotatable bonds is 8. The highest BCUT2D eigenvalue weighted by Crippen LogP contribution is 2.39. The van der Waals surface area contributed by atoms with Crippen LogP contribution in [0.4, 0.5) is 0 Å². The normalized spacial score (nSPS) is 10.3. The number of nitrogens with zero attached hydrogens (tertiary/aromatic N) is 1. The minimum Gasteiger partial charge on any atom is -0.490 e. The van der Waals surface area contributed by atoms with Gasteiger partial charge < -0.3 is 18.7 Å². The molecule has 0 spiro atoms. The first-order valence-corrected chi connectivity index (χ1v) is 9.02. The predicted molar refractivity (Wildman–Crippen MR) is 101 cm³/mol. The molecule has 0 saturated carbocycles. The molecule has 0 fully saturated rings. The molecule has 0 unspecified atom stereocenters. The largest absolute Gasteiger partial charge is 0.490 e. The van der Waals surface area contributed by atoms with Crippen molar-refractivity contribution in [2.45, 2.75) is 34.6 Å². The van der Waals surface area contributed by atoms with Crippen molar-refractivity contribution >= 4 is 11.8 Å². The minimum absolute atomic E-state index is 0.245. The average molecular weight is 391 g/mol. The lowest BCUT2D eigenvalue weighted by molar-refractivity contribution is 0.0845. The maximum absolute atomic E-state index is 12.6. The monoisotopic (exact) mass is 391 g/mol. The van der Waals surface area contributed by atoms with Gasteiger partial charge in [0.2, 0.25) is 5.75 Å². The molecule has 1 aromatic heterocycles. The smallest absolute Gasteiger partial charge is 0.275 e. The molecule has 2 aromatic rings. The van der Waals surface area contributed by atoms with Crippen molar-refractivity contribution in [1.82, 2.24) is 16.0 Å². The summed E-state index contributed by atoms with van der Waals surface area (Å²) in [5, 5.41) is 3.72. The van der Waals surface area contributed by atoms with Gasteiger partial charge in [-0.15, -0.1) is 0 Å². The van der Waals surface area contributed by atoms with Crippen molar-refractivity contribution in [3.8, 4) is 17.2 Å². The highest BCUT2D eigenvalue weighted by Gasteiger charge is 2.21. The van der Waals surface area contributed by atoms with Gasteiger partial charge in [-0.1, -0.05) is 5.16 Å². The maximum Gasteiger partial charge on any atom is 0.275 e. The van der Waals surface area contributed by atoms with Crippen LogP contribution in [-0.2, 0) is 0 Å². The van der Waals surface area contributed by atoms with Gasteiger partial charge in [-0.05, 0) is 46.8 Å². The summed E-state index contributed by atoms with van der Waals surface area (Å²) in [6, 6.07) is 3.07. The van der Waals surface area contributed by atoms with Gasteiger partial charge >= 0.3 is 0 Å². The summed E-state index contributed by atoms with van der Waals surface area (Å²) in [6.07, 6.45) is 0. The van der Waals surface area contributed by atoms with E-state index >= 15 is 0 Å². The van der Waals surface area contributed by atoms with E-state index in [0.29, 0.717) is 48.5 Å².